The molecule has 0 radical (unpaired) electrons. The van der Waals surface area contributed by atoms with Crippen LogP contribution in [-0.4, -0.2) is 37.3 Å². The fourth-order valence-corrected chi connectivity index (χ4v) is 7.08. The van der Waals surface area contributed by atoms with Crippen LogP contribution >= 0.6 is 0 Å². The van der Waals surface area contributed by atoms with E-state index in [9.17, 15) is 4.79 Å². The molecular formula is C49H48O7. The van der Waals surface area contributed by atoms with Crippen LogP contribution in [0.5, 0.6) is 5.75 Å². The lowest BCUT2D eigenvalue weighted by atomic mass is 9.87. The summed E-state index contributed by atoms with van der Waals surface area (Å²) in [4.78, 5) is 12.5. The van der Waals surface area contributed by atoms with E-state index in [1.54, 1.807) is 6.07 Å². The zero-order valence-corrected chi connectivity index (χ0v) is 31.7. The Kier molecular flexibility index (Phi) is 13.8. The molecule has 6 aromatic carbocycles. The molecule has 5 atom stereocenters. The molecule has 0 aliphatic carbocycles. The van der Waals surface area contributed by atoms with Crippen LogP contribution in [0.3, 0.4) is 0 Å². The zero-order chi connectivity index (χ0) is 38.4. The maximum Gasteiger partial charge on any atom is 0.150 e. The van der Waals surface area contributed by atoms with Gasteiger partial charge in [0.2, 0.25) is 0 Å². The summed E-state index contributed by atoms with van der Waals surface area (Å²) in [7, 11) is 0. The minimum Gasteiger partial charge on any atom is -0.489 e. The fourth-order valence-electron chi connectivity index (χ4n) is 7.08. The predicted molar refractivity (Wildman–Crippen MR) is 216 cm³/mol. The molecule has 6 aromatic rings. The van der Waals surface area contributed by atoms with Crippen LogP contribution in [0.25, 0.3) is 0 Å². The second-order valence-corrected chi connectivity index (χ2v) is 14.0. The second kappa shape index (κ2) is 20.0. The quantitative estimate of drug-likeness (QED) is 0.0811. The summed E-state index contributed by atoms with van der Waals surface area (Å²) in [6.07, 6.45) is -2.37. The average Bonchev–Trinajstić information content (AvgIpc) is 3.25. The Morgan fingerprint density at radius 1 is 0.500 bits per heavy atom. The van der Waals surface area contributed by atoms with Gasteiger partial charge in [-0.25, -0.2) is 0 Å². The summed E-state index contributed by atoms with van der Waals surface area (Å²) in [6.45, 7) is 3.82. The zero-order valence-electron chi connectivity index (χ0n) is 31.7. The summed E-state index contributed by atoms with van der Waals surface area (Å²) in [5, 5.41) is 0. The highest BCUT2D eigenvalue weighted by atomic mass is 16.6. The van der Waals surface area contributed by atoms with E-state index in [0.717, 1.165) is 45.2 Å². The number of hydrogen-bond acceptors (Lipinski definition) is 7. The smallest absolute Gasteiger partial charge is 0.150 e. The fraction of sp³-hybridized carbons (Fsp3) is 0.245. The molecule has 7 rings (SSSR count). The maximum atomic E-state index is 12.5. The van der Waals surface area contributed by atoms with Gasteiger partial charge in [0.25, 0.3) is 0 Å². The summed E-state index contributed by atoms with van der Waals surface area (Å²) < 4.78 is 41.1. The van der Waals surface area contributed by atoms with Crippen molar-refractivity contribution in [2.45, 2.75) is 70.5 Å². The van der Waals surface area contributed by atoms with E-state index in [1.807, 2.05) is 165 Å². The van der Waals surface area contributed by atoms with Crippen molar-refractivity contribution in [1.82, 2.24) is 0 Å². The van der Waals surface area contributed by atoms with Crippen LogP contribution in [0, 0.1) is 6.92 Å². The summed E-state index contributed by atoms with van der Waals surface area (Å²) in [5.41, 5.74) is 7.12. The molecule has 56 heavy (non-hydrogen) atoms. The number of rotatable bonds is 18. The molecule has 286 valence electrons. The number of carbonyl (C=O) groups excluding carboxylic acids is 1. The van der Waals surface area contributed by atoms with Crippen molar-refractivity contribution < 1.29 is 33.2 Å². The van der Waals surface area contributed by atoms with Crippen LogP contribution in [0.1, 0.15) is 55.4 Å². The van der Waals surface area contributed by atoms with E-state index in [2.05, 4.69) is 0 Å². The van der Waals surface area contributed by atoms with Gasteiger partial charge in [0.05, 0.1) is 33.0 Å². The Morgan fingerprint density at radius 3 is 1.41 bits per heavy atom. The monoisotopic (exact) mass is 748 g/mol. The molecule has 0 N–H and O–H groups in total. The van der Waals surface area contributed by atoms with Gasteiger partial charge in [-0.05, 0) is 52.4 Å². The average molecular weight is 749 g/mol. The molecule has 1 heterocycles. The summed E-state index contributed by atoms with van der Waals surface area (Å²) in [6, 6.07) is 53.9. The molecular weight excluding hydrogens is 701 g/mol. The van der Waals surface area contributed by atoms with E-state index < -0.39 is 30.5 Å². The molecule has 7 heteroatoms. The lowest BCUT2D eigenvalue weighted by molar-refractivity contribution is -0.275. The molecule has 0 spiro atoms. The van der Waals surface area contributed by atoms with Crippen molar-refractivity contribution in [2.75, 3.05) is 6.61 Å². The van der Waals surface area contributed by atoms with Crippen LogP contribution < -0.4 is 4.74 Å². The Labute approximate surface area is 329 Å². The first-order chi connectivity index (χ1) is 27.7. The van der Waals surface area contributed by atoms with Gasteiger partial charge in [-0.15, -0.1) is 0 Å². The molecule has 7 nitrogen and oxygen atoms in total. The Bertz CT molecular complexity index is 2060. The molecule has 0 aromatic heterocycles. The molecule has 1 saturated heterocycles. The number of ether oxygens (including phenoxy) is 6. The van der Waals surface area contributed by atoms with Gasteiger partial charge in [-0.3, -0.25) is 4.79 Å². The standard InChI is InChI=1S/C49H48O7/c1-36-42(29-50)27-28-43(52-31-38-19-9-3-10-20-38)45(36)47-49(55-34-41-25-15-6-16-26-41)48(54-33-40-23-13-5-14-24-40)46(53-32-39-21-11-4-12-22-39)44(56-47)35-51-30-37-17-7-2-8-18-37/h2-29,44,46-49H,30-35H2,1H3/t44-,46-,47+,48+,49+/m1/s1. The van der Waals surface area contributed by atoms with E-state index in [0.29, 0.717) is 44.3 Å². The van der Waals surface area contributed by atoms with E-state index in [4.69, 9.17) is 28.4 Å². The molecule has 0 unspecified atom stereocenters. The summed E-state index contributed by atoms with van der Waals surface area (Å²) >= 11 is 0. The third kappa shape index (κ3) is 10.3. The Morgan fingerprint density at radius 2 is 0.929 bits per heavy atom. The molecule has 0 bridgehead atoms. The minimum absolute atomic E-state index is 0.216. The van der Waals surface area contributed by atoms with E-state index in [1.165, 1.54) is 0 Å². The van der Waals surface area contributed by atoms with Gasteiger partial charge >= 0.3 is 0 Å². The van der Waals surface area contributed by atoms with Crippen molar-refractivity contribution in [2.24, 2.45) is 0 Å². The van der Waals surface area contributed by atoms with Crippen LogP contribution in [0.2, 0.25) is 0 Å². The predicted octanol–water partition coefficient (Wildman–Crippen LogP) is 9.80. The highest BCUT2D eigenvalue weighted by Gasteiger charge is 2.50. The molecule has 0 saturated carbocycles. The largest absolute Gasteiger partial charge is 0.489 e. The van der Waals surface area contributed by atoms with Crippen molar-refractivity contribution in [3.63, 3.8) is 0 Å². The third-order valence-corrected chi connectivity index (χ3v) is 10.0. The SMILES string of the molecule is Cc1c(C=O)ccc(OCc2ccccc2)c1[C@@H]1O[C@H](COCc2ccccc2)[C@@H](OCc2ccccc2)[C@H](OCc2ccccc2)[C@H]1OCc1ccccc1. The van der Waals surface area contributed by atoms with Gasteiger partial charge in [-0.2, -0.15) is 0 Å². The molecule has 1 aliphatic rings. The van der Waals surface area contributed by atoms with Crippen LogP contribution in [0.4, 0.5) is 0 Å². The number of benzene rings is 6. The van der Waals surface area contributed by atoms with E-state index >= 15 is 0 Å². The van der Waals surface area contributed by atoms with Crippen molar-refractivity contribution in [1.29, 1.82) is 0 Å². The Balaban J connectivity index is 1.31. The Hall–Kier alpha value is -5.41. The van der Waals surface area contributed by atoms with Crippen molar-refractivity contribution >= 4 is 6.29 Å². The number of aldehydes is 1. The lowest BCUT2D eigenvalue weighted by Gasteiger charge is -2.47. The third-order valence-electron chi connectivity index (χ3n) is 10.0. The normalized spacial score (nSPS) is 19.3. The first-order valence-electron chi connectivity index (χ1n) is 19.2. The van der Waals surface area contributed by atoms with Gasteiger partial charge in [-0.1, -0.05) is 152 Å². The van der Waals surface area contributed by atoms with Crippen LogP contribution in [0.15, 0.2) is 164 Å². The first-order valence-corrected chi connectivity index (χ1v) is 19.2. The van der Waals surface area contributed by atoms with Crippen molar-refractivity contribution in [3.8, 4) is 5.75 Å². The second-order valence-electron chi connectivity index (χ2n) is 14.0. The highest BCUT2D eigenvalue weighted by Crippen LogP contribution is 2.44. The van der Waals surface area contributed by atoms with Gasteiger partial charge in [0.15, 0.2) is 0 Å². The van der Waals surface area contributed by atoms with E-state index in [-0.39, 0.29) is 6.61 Å². The summed E-state index contributed by atoms with van der Waals surface area (Å²) in [5.74, 6) is 0.602. The lowest BCUT2D eigenvalue weighted by Crippen LogP contribution is -2.58. The van der Waals surface area contributed by atoms with Gasteiger partial charge < -0.3 is 28.4 Å². The topological polar surface area (TPSA) is 72.5 Å². The minimum atomic E-state index is -0.730. The molecule has 1 fully saturated rings. The maximum absolute atomic E-state index is 12.5. The van der Waals surface area contributed by atoms with Crippen LogP contribution in [-0.2, 0) is 56.7 Å². The first kappa shape index (κ1) is 38.8. The van der Waals surface area contributed by atoms with Crippen molar-refractivity contribution in [3.05, 3.63) is 208 Å². The van der Waals surface area contributed by atoms with Gasteiger partial charge in [0, 0.05) is 11.1 Å². The number of carbonyl (C=O) groups is 1. The van der Waals surface area contributed by atoms with Gasteiger partial charge in [0.1, 0.15) is 49.2 Å². The molecule has 1 aliphatic heterocycles. The number of hydrogen-bond donors (Lipinski definition) is 0. The highest BCUT2D eigenvalue weighted by molar-refractivity contribution is 5.78. The molecule has 0 amide bonds.